The maximum Gasteiger partial charge on any atom is 0.222 e. The fraction of sp³-hybridized carbons (Fsp3) is 0.321. The van der Waals surface area contributed by atoms with Gasteiger partial charge in [0.05, 0.1) is 46.2 Å². The van der Waals surface area contributed by atoms with Crippen LogP contribution in [-0.4, -0.2) is 49.3 Å². The van der Waals surface area contributed by atoms with Crippen molar-refractivity contribution in [2.75, 3.05) is 19.8 Å². The second-order valence-corrected chi connectivity index (χ2v) is 16.4. The van der Waals surface area contributed by atoms with E-state index in [0.717, 1.165) is 57.1 Å². The number of hydrogen-bond donors (Lipinski definition) is 1. The molecule has 2 aliphatic heterocycles. The molecule has 8 heteroatoms. The molecule has 3 aliphatic rings. The molecule has 6 aromatic carbocycles. The summed E-state index contributed by atoms with van der Waals surface area (Å²) in [5, 5.41) is 13.5. The van der Waals surface area contributed by atoms with Gasteiger partial charge in [0.2, 0.25) is 5.79 Å². The van der Waals surface area contributed by atoms with Gasteiger partial charge >= 0.3 is 0 Å². The van der Waals surface area contributed by atoms with E-state index in [0.29, 0.717) is 44.1 Å². The van der Waals surface area contributed by atoms with Gasteiger partial charge in [0.25, 0.3) is 0 Å². The standard InChI is InChI=1S/C53H54O8/c54-53(46-30-44-27-28-56-49(44)45(31-46)29-38-23-25-47(26-24-38)57-33-43-21-22-43)52(60-36-42-19-11-4-12-20-42)51(59-35-41-17-9-3-10-18-41)50(58-34-40-15-7-2-8-16-40)48(61-53)37-55-32-39-13-5-1-6-14-39/h1-20,23-26,30-31,43,48,50-52,54H,21-22,27-29,32-37H2/t48-,50-,51+,52-,53?/m1/s1. The molecule has 2 fully saturated rings. The molecule has 61 heavy (non-hydrogen) atoms. The Labute approximate surface area is 358 Å². The second kappa shape index (κ2) is 19.6. The van der Waals surface area contributed by atoms with Crippen molar-refractivity contribution in [2.45, 2.75) is 82.3 Å². The number of benzene rings is 6. The van der Waals surface area contributed by atoms with Crippen LogP contribution in [0.2, 0.25) is 0 Å². The summed E-state index contributed by atoms with van der Waals surface area (Å²) < 4.78 is 46.5. The van der Waals surface area contributed by atoms with Crippen LogP contribution in [0.15, 0.2) is 158 Å². The van der Waals surface area contributed by atoms with Crippen molar-refractivity contribution in [1.29, 1.82) is 0 Å². The topological polar surface area (TPSA) is 84.8 Å². The largest absolute Gasteiger partial charge is 0.493 e. The van der Waals surface area contributed by atoms with E-state index >= 15 is 0 Å². The Morgan fingerprint density at radius 1 is 0.574 bits per heavy atom. The highest BCUT2D eigenvalue weighted by atomic mass is 16.7. The van der Waals surface area contributed by atoms with Crippen molar-refractivity contribution in [1.82, 2.24) is 0 Å². The van der Waals surface area contributed by atoms with E-state index in [2.05, 4.69) is 12.1 Å². The molecule has 1 saturated heterocycles. The van der Waals surface area contributed by atoms with E-state index in [1.807, 2.05) is 146 Å². The van der Waals surface area contributed by atoms with Gasteiger partial charge in [-0.3, -0.25) is 0 Å². The smallest absolute Gasteiger partial charge is 0.222 e. The lowest BCUT2D eigenvalue weighted by Gasteiger charge is -2.50. The molecule has 0 amide bonds. The predicted octanol–water partition coefficient (Wildman–Crippen LogP) is 9.52. The number of ether oxygens (including phenoxy) is 7. The molecular formula is C53H54O8. The average molecular weight is 819 g/mol. The van der Waals surface area contributed by atoms with Crippen molar-refractivity contribution >= 4 is 0 Å². The highest BCUT2D eigenvalue weighted by Crippen LogP contribution is 2.45. The fourth-order valence-electron chi connectivity index (χ4n) is 8.23. The summed E-state index contributed by atoms with van der Waals surface area (Å²) in [6.07, 6.45) is 0.504. The van der Waals surface area contributed by atoms with E-state index in [9.17, 15) is 5.11 Å². The molecule has 5 atom stereocenters. The third kappa shape index (κ3) is 10.4. The summed E-state index contributed by atoms with van der Waals surface area (Å²) in [5.74, 6) is 0.415. The molecule has 6 aromatic rings. The first-order chi connectivity index (χ1) is 30.1. The zero-order chi connectivity index (χ0) is 41.3. The second-order valence-electron chi connectivity index (χ2n) is 16.4. The Morgan fingerprint density at radius 2 is 1.13 bits per heavy atom. The predicted molar refractivity (Wildman–Crippen MR) is 233 cm³/mol. The normalized spacial score (nSPS) is 22.0. The summed E-state index contributed by atoms with van der Waals surface area (Å²) in [7, 11) is 0. The quantitative estimate of drug-likeness (QED) is 0.0866. The van der Waals surface area contributed by atoms with Crippen LogP contribution < -0.4 is 9.47 Å². The lowest BCUT2D eigenvalue weighted by Crippen LogP contribution is -2.65. The summed E-state index contributed by atoms with van der Waals surface area (Å²) in [6.45, 7) is 2.58. The fourth-order valence-corrected chi connectivity index (χ4v) is 8.23. The van der Waals surface area contributed by atoms with Gasteiger partial charge in [-0.15, -0.1) is 0 Å². The van der Waals surface area contributed by atoms with E-state index < -0.39 is 30.2 Å². The van der Waals surface area contributed by atoms with Crippen molar-refractivity contribution in [3.8, 4) is 11.5 Å². The van der Waals surface area contributed by atoms with Crippen LogP contribution in [0, 0.1) is 5.92 Å². The molecule has 1 saturated carbocycles. The first-order valence-electron chi connectivity index (χ1n) is 21.6. The van der Waals surface area contributed by atoms with Crippen LogP contribution in [0.1, 0.15) is 57.3 Å². The molecule has 0 aromatic heterocycles. The molecule has 2 heterocycles. The van der Waals surface area contributed by atoms with Gasteiger partial charge in [0.15, 0.2) is 0 Å². The van der Waals surface area contributed by atoms with E-state index in [1.165, 1.54) is 12.8 Å². The Balaban J connectivity index is 1.10. The molecule has 314 valence electrons. The minimum atomic E-state index is -1.99. The molecule has 1 N–H and O–H groups in total. The Morgan fingerprint density at radius 3 is 1.72 bits per heavy atom. The van der Waals surface area contributed by atoms with Crippen molar-refractivity contribution in [2.24, 2.45) is 5.92 Å². The molecular weight excluding hydrogens is 765 g/mol. The lowest BCUT2D eigenvalue weighted by molar-refractivity contribution is -0.378. The van der Waals surface area contributed by atoms with Crippen LogP contribution in [0.4, 0.5) is 0 Å². The Hall–Kier alpha value is -5.32. The van der Waals surface area contributed by atoms with Crippen molar-refractivity contribution < 1.29 is 38.3 Å². The monoisotopic (exact) mass is 818 g/mol. The van der Waals surface area contributed by atoms with Gasteiger partial charge in [-0.05, 0) is 82.0 Å². The number of fused-ring (bicyclic) bond motifs is 1. The lowest BCUT2D eigenvalue weighted by atomic mass is 9.85. The summed E-state index contributed by atoms with van der Waals surface area (Å²) in [6, 6.07) is 52.4. The van der Waals surface area contributed by atoms with Crippen molar-refractivity contribution in [3.63, 3.8) is 0 Å². The molecule has 9 rings (SSSR count). The van der Waals surface area contributed by atoms with Gasteiger partial charge in [-0.1, -0.05) is 133 Å². The summed E-state index contributed by atoms with van der Waals surface area (Å²) in [4.78, 5) is 0. The van der Waals surface area contributed by atoms with E-state index in [1.54, 1.807) is 0 Å². The molecule has 0 bridgehead atoms. The first-order valence-corrected chi connectivity index (χ1v) is 21.6. The minimum Gasteiger partial charge on any atom is -0.493 e. The number of rotatable bonds is 19. The van der Waals surface area contributed by atoms with Crippen LogP contribution in [-0.2, 0) is 68.7 Å². The van der Waals surface area contributed by atoms with E-state index in [4.69, 9.17) is 33.2 Å². The maximum atomic E-state index is 13.5. The van der Waals surface area contributed by atoms with Crippen LogP contribution in [0.3, 0.4) is 0 Å². The van der Waals surface area contributed by atoms with Crippen LogP contribution in [0.5, 0.6) is 11.5 Å². The van der Waals surface area contributed by atoms with Gasteiger partial charge in [0, 0.05) is 18.4 Å². The van der Waals surface area contributed by atoms with Crippen LogP contribution >= 0.6 is 0 Å². The molecule has 0 radical (unpaired) electrons. The zero-order valence-electron chi connectivity index (χ0n) is 34.5. The van der Waals surface area contributed by atoms with Gasteiger partial charge < -0.3 is 38.3 Å². The van der Waals surface area contributed by atoms with Crippen LogP contribution in [0.25, 0.3) is 0 Å². The van der Waals surface area contributed by atoms with Gasteiger partial charge in [-0.2, -0.15) is 0 Å². The maximum absolute atomic E-state index is 13.5. The first kappa shape index (κ1) is 41.1. The molecule has 1 unspecified atom stereocenters. The minimum absolute atomic E-state index is 0.128. The van der Waals surface area contributed by atoms with Crippen molar-refractivity contribution in [3.05, 3.63) is 202 Å². The Bertz CT molecular complexity index is 2270. The SMILES string of the molecule is OC1(c2cc3c(c(Cc4ccc(OCC5CC5)cc4)c2)OCC3)O[C@H](COCc2ccccc2)[C@@H](OCc2ccccc2)[C@H](OCc2ccccc2)[C@H]1OCc1ccccc1. The molecule has 0 spiro atoms. The highest BCUT2D eigenvalue weighted by Gasteiger charge is 2.57. The van der Waals surface area contributed by atoms with Gasteiger partial charge in [-0.25, -0.2) is 0 Å². The van der Waals surface area contributed by atoms with Gasteiger partial charge in [0.1, 0.15) is 35.9 Å². The highest BCUT2D eigenvalue weighted by molar-refractivity contribution is 5.50. The third-order valence-electron chi connectivity index (χ3n) is 11.7. The summed E-state index contributed by atoms with van der Waals surface area (Å²) >= 11 is 0. The zero-order valence-corrected chi connectivity index (χ0v) is 34.5. The molecule has 8 nitrogen and oxygen atoms in total. The number of hydrogen-bond acceptors (Lipinski definition) is 8. The third-order valence-corrected chi connectivity index (χ3v) is 11.7. The summed E-state index contributed by atoms with van der Waals surface area (Å²) in [5.41, 5.74) is 7.61. The number of aliphatic hydroxyl groups is 1. The Kier molecular flexibility index (Phi) is 13.2. The van der Waals surface area contributed by atoms with E-state index in [-0.39, 0.29) is 19.8 Å². The average Bonchev–Trinajstić information content (AvgIpc) is 4.02. The molecule has 1 aliphatic carbocycles.